The Bertz CT molecular complexity index is 1960. The first-order valence-electron chi connectivity index (χ1n) is 15.8. The molecule has 0 spiro atoms. The average Bonchev–Trinajstić information content (AvgIpc) is 3.09. The van der Waals surface area contributed by atoms with E-state index in [2.05, 4.69) is 202 Å². The summed E-state index contributed by atoms with van der Waals surface area (Å²) in [6.45, 7) is 6.42. The highest BCUT2D eigenvalue weighted by Gasteiger charge is 2.12. The lowest BCUT2D eigenvalue weighted by Gasteiger charge is -2.26. The van der Waals surface area contributed by atoms with Crippen molar-refractivity contribution in [2.75, 3.05) is 4.90 Å². The molecule has 0 radical (unpaired) electrons. The Hall–Kier alpha value is -5.66. The predicted octanol–water partition coefficient (Wildman–Crippen LogP) is 12.6. The number of hydrogen-bond acceptors (Lipinski definition) is 1. The number of hydrogen-bond donors (Lipinski definition) is 0. The van der Waals surface area contributed by atoms with Crippen LogP contribution in [0.25, 0.3) is 36.5 Å². The predicted molar refractivity (Wildman–Crippen MR) is 201 cm³/mol. The van der Waals surface area contributed by atoms with Crippen molar-refractivity contribution in [2.24, 2.45) is 0 Å². The van der Waals surface area contributed by atoms with Gasteiger partial charge in [0.15, 0.2) is 0 Å². The fourth-order valence-corrected chi connectivity index (χ4v) is 5.48. The molecule has 224 valence electrons. The molecule has 46 heavy (non-hydrogen) atoms. The van der Waals surface area contributed by atoms with Gasteiger partial charge in [-0.15, -0.1) is 0 Å². The van der Waals surface area contributed by atoms with E-state index in [0.29, 0.717) is 0 Å². The molecule has 0 saturated heterocycles. The summed E-state index contributed by atoms with van der Waals surface area (Å²) in [4.78, 5) is 2.32. The summed E-state index contributed by atoms with van der Waals surface area (Å²) >= 11 is 0. The summed E-state index contributed by atoms with van der Waals surface area (Å²) in [5.41, 5.74) is 14.3. The normalized spacial score (nSPS) is 11.5. The number of anilines is 3. The SMILES string of the molecule is Cc1ccc(C=Cc2ccc(N(c3ccc(C=Cc4ccccc4)cc3)c3ccc(C=Cc4ccc(C)cc4C)cc3)cc2)cc1. The lowest BCUT2D eigenvalue weighted by Crippen LogP contribution is -2.09. The lowest BCUT2D eigenvalue weighted by atomic mass is 10.0. The molecule has 6 aromatic carbocycles. The molecular formula is C45H39N. The van der Waals surface area contributed by atoms with Gasteiger partial charge < -0.3 is 4.90 Å². The molecule has 0 saturated carbocycles. The van der Waals surface area contributed by atoms with E-state index >= 15 is 0 Å². The van der Waals surface area contributed by atoms with Gasteiger partial charge >= 0.3 is 0 Å². The van der Waals surface area contributed by atoms with Crippen LogP contribution in [0.15, 0.2) is 146 Å². The van der Waals surface area contributed by atoms with Crippen LogP contribution in [0.4, 0.5) is 17.1 Å². The molecule has 0 aliphatic rings. The van der Waals surface area contributed by atoms with E-state index in [1.54, 1.807) is 0 Å². The van der Waals surface area contributed by atoms with Crippen LogP contribution in [0.1, 0.15) is 50.1 Å². The monoisotopic (exact) mass is 593 g/mol. The van der Waals surface area contributed by atoms with Gasteiger partial charge in [0.2, 0.25) is 0 Å². The second-order valence-corrected chi connectivity index (χ2v) is 11.8. The molecule has 1 heteroatoms. The van der Waals surface area contributed by atoms with Crippen molar-refractivity contribution in [1.29, 1.82) is 0 Å². The smallest absolute Gasteiger partial charge is 0.0462 e. The van der Waals surface area contributed by atoms with Crippen molar-refractivity contribution in [3.8, 4) is 0 Å². The molecule has 0 unspecified atom stereocenters. The molecule has 0 aliphatic heterocycles. The Morgan fingerprint density at radius 2 is 0.717 bits per heavy atom. The maximum Gasteiger partial charge on any atom is 0.0462 e. The molecular weight excluding hydrogens is 555 g/mol. The molecule has 0 aliphatic carbocycles. The number of nitrogens with zero attached hydrogens (tertiary/aromatic N) is 1. The maximum atomic E-state index is 2.32. The van der Waals surface area contributed by atoms with Gasteiger partial charge in [-0.05, 0) is 96.1 Å². The van der Waals surface area contributed by atoms with Crippen molar-refractivity contribution in [3.63, 3.8) is 0 Å². The van der Waals surface area contributed by atoms with Crippen molar-refractivity contribution in [1.82, 2.24) is 0 Å². The first-order chi connectivity index (χ1) is 22.5. The summed E-state index contributed by atoms with van der Waals surface area (Å²) < 4.78 is 0. The standard InChI is InChI=1S/C45H39N/c1-34-9-12-38(13-10-34)16-17-40-21-29-44(30-22-40)46(43-27-19-39(20-28-43)15-14-37-7-5-4-6-8-37)45-31-23-41(24-32-45)18-26-42-25-11-35(2)33-36(42)3/h4-33H,1-3H3. The number of rotatable bonds is 9. The average molecular weight is 594 g/mol. The number of aryl methyl sites for hydroxylation is 3. The molecule has 0 aromatic heterocycles. The third kappa shape index (κ3) is 7.88. The fourth-order valence-electron chi connectivity index (χ4n) is 5.48. The summed E-state index contributed by atoms with van der Waals surface area (Å²) in [6.07, 6.45) is 13.0. The van der Waals surface area contributed by atoms with Gasteiger partial charge in [-0.25, -0.2) is 0 Å². The van der Waals surface area contributed by atoms with Gasteiger partial charge in [-0.1, -0.05) is 157 Å². The van der Waals surface area contributed by atoms with Gasteiger partial charge in [0.05, 0.1) is 0 Å². The summed E-state index contributed by atoms with van der Waals surface area (Å²) in [5.74, 6) is 0. The van der Waals surface area contributed by atoms with E-state index in [4.69, 9.17) is 0 Å². The van der Waals surface area contributed by atoms with Gasteiger partial charge in [0.25, 0.3) is 0 Å². The Morgan fingerprint density at radius 1 is 0.348 bits per heavy atom. The Kier molecular flexibility index (Phi) is 9.52. The zero-order valence-corrected chi connectivity index (χ0v) is 26.8. The molecule has 0 N–H and O–H groups in total. The second-order valence-electron chi connectivity index (χ2n) is 11.8. The van der Waals surface area contributed by atoms with E-state index in [9.17, 15) is 0 Å². The van der Waals surface area contributed by atoms with Gasteiger partial charge in [-0.3, -0.25) is 0 Å². The van der Waals surface area contributed by atoms with E-state index < -0.39 is 0 Å². The van der Waals surface area contributed by atoms with Crippen molar-refractivity contribution in [3.05, 3.63) is 196 Å². The highest BCUT2D eigenvalue weighted by molar-refractivity contribution is 5.80. The first kappa shape index (κ1) is 30.4. The largest absolute Gasteiger partial charge is 0.311 e. The van der Waals surface area contributed by atoms with E-state index in [0.717, 1.165) is 28.2 Å². The molecule has 6 rings (SSSR count). The maximum absolute atomic E-state index is 2.32. The van der Waals surface area contributed by atoms with E-state index in [1.807, 2.05) is 6.07 Å². The van der Waals surface area contributed by atoms with Crippen LogP contribution < -0.4 is 4.90 Å². The Morgan fingerprint density at radius 3 is 1.15 bits per heavy atom. The first-order valence-corrected chi connectivity index (χ1v) is 15.8. The van der Waals surface area contributed by atoms with Crippen molar-refractivity contribution >= 4 is 53.5 Å². The van der Waals surface area contributed by atoms with Crippen molar-refractivity contribution < 1.29 is 0 Å². The zero-order chi connectivity index (χ0) is 31.7. The fraction of sp³-hybridized carbons (Fsp3) is 0.0667. The topological polar surface area (TPSA) is 3.24 Å². The molecule has 0 fully saturated rings. The third-order valence-electron chi connectivity index (χ3n) is 8.15. The number of benzene rings is 6. The van der Waals surface area contributed by atoms with Gasteiger partial charge in [0.1, 0.15) is 0 Å². The molecule has 1 nitrogen and oxygen atoms in total. The highest BCUT2D eigenvalue weighted by Crippen LogP contribution is 2.35. The quantitative estimate of drug-likeness (QED) is 0.151. The van der Waals surface area contributed by atoms with Crippen LogP contribution in [0.5, 0.6) is 0 Å². The summed E-state index contributed by atoms with van der Waals surface area (Å²) in [7, 11) is 0. The molecule has 0 atom stereocenters. The van der Waals surface area contributed by atoms with E-state index in [1.165, 1.54) is 38.9 Å². The van der Waals surface area contributed by atoms with Crippen molar-refractivity contribution in [2.45, 2.75) is 20.8 Å². The highest BCUT2D eigenvalue weighted by atomic mass is 15.1. The van der Waals surface area contributed by atoms with Crippen LogP contribution in [-0.4, -0.2) is 0 Å². The third-order valence-corrected chi connectivity index (χ3v) is 8.15. The van der Waals surface area contributed by atoms with Crippen LogP contribution in [0, 0.1) is 20.8 Å². The summed E-state index contributed by atoms with van der Waals surface area (Å²) in [5, 5.41) is 0. The molecule has 0 bridgehead atoms. The van der Waals surface area contributed by atoms with Crippen LogP contribution in [0.3, 0.4) is 0 Å². The molecule has 0 amide bonds. The lowest BCUT2D eigenvalue weighted by molar-refractivity contribution is 1.28. The second kappa shape index (κ2) is 14.4. The summed E-state index contributed by atoms with van der Waals surface area (Å²) in [6, 6.07) is 51.9. The minimum atomic E-state index is 1.11. The zero-order valence-electron chi connectivity index (χ0n) is 26.8. The minimum Gasteiger partial charge on any atom is -0.311 e. The van der Waals surface area contributed by atoms with Gasteiger partial charge in [-0.2, -0.15) is 0 Å². The van der Waals surface area contributed by atoms with Crippen LogP contribution in [-0.2, 0) is 0 Å². The van der Waals surface area contributed by atoms with Gasteiger partial charge in [0, 0.05) is 17.1 Å². The molecule has 6 aromatic rings. The van der Waals surface area contributed by atoms with Crippen LogP contribution in [0.2, 0.25) is 0 Å². The van der Waals surface area contributed by atoms with E-state index in [-0.39, 0.29) is 0 Å². The Balaban J connectivity index is 1.27. The Labute approximate surface area is 274 Å². The molecule has 0 heterocycles. The minimum absolute atomic E-state index is 1.11. The van der Waals surface area contributed by atoms with Crippen LogP contribution >= 0.6 is 0 Å².